The van der Waals surface area contributed by atoms with E-state index in [2.05, 4.69) is 59.7 Å². The molecule has 0 amide bonds. The number of hydrogen-bond acceptors (Lipinski definition) is 3. The van der Waals surface area contributed by atoms with Gasteiger partial charge in [-0.25, -0.2) is 0 Å². The second-order valence-corrected chi connectivity index (χ2v) is 6.82. The van der Waals surface area contributed by atoms with Gasteiger partial charge >= 0.3 is 0 Å². The normalized spacial score (nSPS) is 19.4. The first kappa shape index (κ1) is 16.2. The van der Waals surface area contributed by atoms with E-state index in [0.29, 0.717) is 12.0 Å². The number of pyridine rings is 1. The molecule has 124 valence electrons. The van der Waals surface area contributed by atoms with Gasteiger partial charge in [0.15, 0.2) is 0 Å². The van der Waals surface area contributed by atoms with Crippen LogP contribution in [0.5, 0.6) is 0 Å². The zero-order valence-corrected chi connectivity index (χ0v) is 14.6. The number of rotatable bonds is 5. The average Bonchev–Trinajstić information content (AvgIpc) is 3.04. The molecule has 3 heterocycles. The fourth-order valence-electron chi connectivity index (χ4n) is 3.48. The van der Waals surface area contributed by atoms with E-state index in [0.717, 1.165) is 30.9 Å². The quantitative estimate of drug-likeness (QED) is 0.838. The summed E-state index contributed by atoms with van der Waals surface area (Å²) in [6, 6.07) is 9.14. The second-order valence-electron chi connectivity index (χ2n) is 6.82. The van der Waals surface area contributed by atoms with Gasteiger partial charge in [-0.3, -0.25) is 9.67 Å². The van der Waals surface area contributed by atoms with Gasteiger partial charge in [0, 0.05) is 36.9 Å². The maximum atomic E-state index is 4.99. The van der Waals surface area contributed by atoms with E-state index in [1.807, 2.05) is 6.20 Å². The van der Waals surface area contributed by atoms with E-state index in [1.165, 1.54) is 25.1 Å². The van der Waals surface area contributed by atoms with Crippen molar-refractivity contribution >= 4 is 0 Å². The molecule has 0 aliphatic carbocycles. The lowest BCUT2D eigenvalue weighted by Crippen LogP contribution is -2.39. The van der Waals surface area contributed by atoms with Crippen molar-refractivity contribution < 1.29 is 0 Å². The predicted octanol–water partition coefficient (Wildman–Crippen LogP) is 3.94. The Hall–Kier alpha value is -1.68. The summed E-state index contributed by atoms with van der Waals surface area (Å²) < 4.78 is 2.06. The zero-order chi connectivity index (χ0) is 16.2. The largest absolute Gasteiger partial charge is 0.300 e. The lowest BCUT2D eigenvalue weighted by molar-refractivity contribution is 0.166. The summed E-state index contributed by atoms with van der Waals surface area (Å²) in [5, 5.41) is 4.43. The Labute approximate surface area is 139 Å². The molecule has 1 aliphatic rings. The van der Waals surface area contributed by atoms with Crippen LogP contribution in [-0.4, -0.2) is 38.8 Å². The fraction of sp³-hybridized carbons (Fsp3) is 0.579. The van der Waals surface area contributed by atoms with Crippen molar-refractivity contribution in [2.24, 2.45) is 0 Å². The molecule has 0 aromatic carbocycles. The van der Waals surface area contributed by atoms with Gasteiger partial charge in [0.25, 0.3) is 0 Å². The van der Waals surface area contributed by atoms with Gasteiger partial charge in [0.1, 0.15) is 0 Å². The average molecular weight is 312 g/mol. The predicted molar refractivity (Wildman–Crippen MR) is 94.4 cm³/mol. The minimum absolute atomic E-state index is 0.550. The van der Waals surface area contributed by atoms with Gasteiger partial charge in [-0.1, -0.05) is 13.0 Å². The number of likely N-dealkylation sites (tertiary alicyclic amines) is 1. The van der Waals surface area contributed by atoms with E-state index in [9.17, 15) is 0 Å². The van der Waals surface area contributed by atoms with Crippen LogP contribution in [0.25, 0.3) is 11.4 Å². The number of aryl methyl sites for hydroxylation is 1. The van der Waals surface area contributed by atoms with Gasteiger partial charge < -0.3 is 4.90 Å². The summed E-state index contributed by atoms with van der Waals surface area (Å²) >= 11 is 0. The molecule has 3 rings (SSSR count). The molecular weight excluding hydrogens is 284 g/mol. The first-order valence-corrected chi connectivity index (χ1v) is 8.92. The highest BCUT2D eigenvalue weighted by atomic mass is 15.3. The molecule has 4 nitrogen and oxygen atoms in total. The Morgan fingerprint density at radius 1 is 1.26 bits per heavy atom. The van der Waals surface area contributed by atoms with Crippen LogP contribution in [0.2, 0.25) is 0 Å². The van der Waals surface area contributed by atoms with Crippen molar-refractivity contribution in [1.82, 2.24) is 19.7 Å². The molecule has 0 radical (unpaired) electrons. The zero-order valence-electron chi connectivity index (χ0n) is 14.6. The smallest absolute Gasteiger partial charge is 0.0886 e. The lowest BCUT2D eigenvalue weighted by Gasteiger charge is -2.35. The van der Waals surface area contributed by atoms with Gasteiger partial charge in [0.2, 0.25) is 0 Å². The second kappa shape index (κ2) is 7.26. The summed E-state index contributed by atoms with van der Waals surface area (Å²) in [6.07, 6.45) is 5.47. The number of piperidine rings is 1. The van der Waals surface area contributed by atoms with Gasteiger partial charge in [0.05, 0.1) is 11.4 Å². The van der Waals surface area contributed by atoms with Crippen molar-refractivity contribution in [3.63, 3.8) is 0 Å². The summed E-state index contributed by atoms with van der Waals surface area (Å²) in [6.45, 7) is 10.0. The van der Waals surface area contributed by atoms with Crippen LogP contribution in [-0.2, 0) is 6.54 Å². The molecule has 1 atom stereocenters. The third kappa shape index (κ3) is 3.63. The fourth-order valence-corrected chi connectivity index (χ4v) is 3.48. The Balaban J connectivity index is 1.83. The van der Waals surface area contributed by atoms with Gasteiger partial charge in [-0.15, -0.1) is 0 Å². The molecule has 2 aromatic rings. The molecule has 1 saturated heterocycles. The van der Waals surface area contributed by atoms with E-state index in [1.54, 1.807) is 0 Å². The van der Waals surface area contributed by atoms with E-state index in [-0.39, 0.29) is 0 Å². The van der Waals surface area contributed by atoms with Crippen LogP contribution in [0.3, 0.4) is 0 Å². The third-order valence-electron chi connectivity index (χ3n) is 4.79. The summed E-state index contributed by atoms with van der Waals surface area (Å²) in [5.41, 5.74) is 3.41. The van der Waals surface area contributed by atoms with Crippen molar-refractivity contribution in [3.05, 3.63) is 36.2 Å². The van der Waals surface area contributed by atoms with Gasteiger partial charge in [-0.05, 0) is 57.9 Å². The van der Waals surface area contributed by atoms with E-state index in [4.69, 9.17) is 4.98 Å². The molecular formula is C19H28N4. The van der Waals surface area contributed by atoms with Gasteiger partial charge in [-0.2, -0.15) is 5.10 Å². The molecule has 0 bridgehead atoms. The first-order chi connectivity index (χ1) is 11.2. The highest BCUT2D eigenvalue weighted by Gasteiger charge is 2.24. The monoisotopic (exact) mass is 312 g/mol. The molecule has 1 aliphatic heterocycles. The van der Waals surface area contributed by atoms with Crippen LogP contribution in [0.1, 0.15) is 51.6 Å². The standard InChI is InChI=1S/C19H28N4/c1-4-12-23-19(10-11-20-23)18-9-5-8-17(21-18)16-7-6-13-22(14-16)15(2)3/h5,8-11,15-16H,4,6-7,12-14H2,1-3H3/t16-/m1/s1. The third-order valence-corrected chi connectivity index (χ3v) is 4.79. The molecule has 0 unspecified atom stereocenters. The minimum Gasteiger partial charge on any atom is -0.300 e. The van der Waals surface area contributed by atoms with Crippen LogP contribution in [0.15, 0.2) is 30.5 Å². The Bertz CT molecular complexity index is 632. The van der Waals surface area contributed by atoms with Crippen molar-refractivity contribution in [2.75, 3.05) is 13.1 Å². The molecule has 4 heteroatoms. The first-order valence-electron chi connectivity index (χ1n) is 8.92. The molecule has 1 fully saturated rings. The number of nitrogens with zero attached hydrogens (tertiary/aromatic N) is 4. The van der Waals surface area contributed by atoms with Crippen molar-refractivity contribution in [1.29, 1.82) is 0 Å². The van der Waals surface area contributed by atoms with E-state index < -0.39 is 0 Å². The summed E-state index contributed by atoms with van der Waals surface area (Å²) in [7, 11) is 0. The lowest BCUT2D eigenvalue weighted by atomic mass is 9.93. The van der Waals surface area contributed by atoms with Crippen molar-refractivity contribution in [2.45, 2.75) is 58.5 Å². The van der Waals surface area contributed by atoms with Crippen LogP contribution in [0.4, 0.5) is 0 Å². The topological polar surface area (TPSA) is 34.0 Å². The molecule has 23 heavy (non-hydrogen) atoms. The minimum atomic E-state index is 0.550. The maximum Gasteiger partial charge on any atom is 0.0886 e. The number of aromatic nitrogens is 3. The number of hydrogen-bond donors (Lipinski definition) is 0. The Morgan fingerprint density at radius 2 is 2.13 bits per heavy atom. The van der Waals surface area contributed by atoms with E-state index >= 15 is 0 Å². The Morgan fingerprint density at radius 3 is 2.91 bits per heavy atom. The molecule has 0 N–H and O–H groups in total. The SMILES string of the molecule is CCCn1nccc1-c1cccc([C@@H]2CCCN(C(C)C)C2)n1. The summed E-state index contributed by atoms with van der Waals surface area (Å²) in [5.74, 6) is 0.550. The van der Waals surface area contributed by atoms with Crippen LogP contribution < -0.4 is 0 Å². The highest BCUT2D eigenvalue weighted by Crippen LogP contribution is 2.28. The maximum absolute atomic E-state index is 4.99. The Kier molecular flexibility index (Phi) is 5.11. The van der Waals surface area contributed by atoms with Crippen LogP contribution in [0, 0.1) is 0 Å². The van der Waals surface area contributed by atoms with Crippen LogP contribution >= 0.6 is 0 Å². The molecule has 2 aromatic heterocycles. The molecule has 0 saturated carbocycles. The highest BCUT2D eigenvalue weighted by molar-refractivity contribution is 5.54. The summed E-state index contributed by atoms with van der Waals surface area (Å²) in [4.78, 5) is 7.56. The van der Waals surface area contributed by atoms with Crippen molar-refractivity contribution in [3.8, 4) is 11.4 Å². The molecule has 0 spiro atoms.